The molecule has 0 radical (unpaired) electrons. The normalized spacial score (nSPS) is 24.1. The molecule has 108 valence electrons. The molecule has 3 nitrogen and oxygen atoms in total. The molecule has 0 bridgehead atoms. The molecular weight excluding hydrogens is 290 g/mol. The summed E-state index contributed by atoms with van der Waals surface area (Å²) in [6.07, 6.45) is 0.137. The van der Waals surface area contributed by atoms with Crippen molar-refractivity contribution in [2.75, 3.05) is 31.2 Å². The van der Waals surface area contributed by atoms with Crippen LogP contribution in [0.25, 0.3) is 0 Å². The van der Waals surface area contributed by atoms with E-state index in [1.54, 1.807) is 0 Å². The molecule has 1 atom stereocenters. The molecule has 2 fully saturated rings. The third kappa shape index (κ3) is 3.15. The maximum atomic E-state index is 12.4. The zero-order chi connectivity index (χ0) is 13.9. The zero-order valence-corrected chi connectivity index (χ0v) is 13.2. The standard InChI is InChI=1S/C15H19NO2S2/c1-11-10-16(6-7-18-11)14(17)12-2-4-13(5-3-12)15-19-8-9-20-15/h2-5,11,15H,6-10H2,1H3. The van der Waals surface area contributed by atoms with Crippen molar-refractivity contribution in [3.8, 4) is 0 Å². The fraction of sp³-hybridized carbons (Fsp3) is 0.533. The van der Waals surface area contributed by atoms with E-state index in [1.807, 2.05) is 47.5 Å². The minimum absolute atomic E-state index is 0.124. The molecule has 0 aliphatic carbocycles. The zero-order valence-electron chi connectivity index (χ0n) is 11.6. The second kappa shape index (κ2) is 6.41. The van der Waals surface area contributed by atoms with Gasteiger partial charge in [0.1, 0.15) is 0 Å². The average Bonchev–Trinajstić information content (AvgIpc) is 3.01. The van der Waals surface area contributed by atoms with Gasteiger partial charge in [0.15, 0.2) is 0 Å². The minimum atomic E-state index is 0.124. The van der Waals surface area contributed by atoms with E-state index in [0.717, 1.165) is 5.56 Å². The molecule has 20 heavy (non-hydrogen) atoms. The number of hydrogen-bond donors (Lipinski definition) is 0. The molecule has 2 aliphatic heterocycles. The van der Waals surface area contributed by atoms with Crippen molar-refractivity contribution in [1.29, 1.82) is 0 Å². The quantitative estimate of drug-likeness (QED) is 0.840. The first-order chi connectivity index (χ1) is 9.74. The molecule has 1 aromatic carbocycles. The summed E-state index contributed by atoms with van der Waals surface area (Å²) in [5, 5.41) is 0. The van der Waals surface area contributed by atoms with Crippen molar-refractivity contribution in [2.45, 2.75) is 17.6 Å². The summed E-state index contributed by atoms with van der Waals surface area (Å²) >= 11 is 3.98. The van der Waals surface area contributed by atoms with Crippen LogP contribution in [0.4, 0.5) is 0 Å². The number of rotatable bonds is 2. The summed E-state index contributed by atoms with van der Waals surface area (Å²) in [5.74, 6) is 2.57. The lowest BCUT2D eigenvalue weighted by Crippen LogP contribution is -2.44. The van der Waals surface area contributed by atoms with Crippen LogP contribution in [0, 0.1) is 0 Å². The summed E-state index contributed by atoms with van der Waals surface area (Å²) in [5.41, 5.74) is 2.11. The van der Waals surface area contributed by atoms with Gasteiger partial charge in [0.25, 0.3) is 5.91 Å². The number of thioether (sulfide) groups is 2. The third-order valence-corrected chi connectivity index (χ3v) is 6.68. The fourth-order valence-electron chi connectivity index (χ4n) is 2.52. The Morgan fingerprint density at radius 1 is 1.25 bits per heavy atom. The summed E-state index contributed by atoms with van der Waals surface area (Å²) in [6, 6.07) is 8.15. The number of hydrogen-bond acceptors (Lipinski definition) is 4. The highest BCUT2D eigenvalue weighted by atomic mass is 32.2. The van der Waals surface area contributed by atoms with E-state index in [2.05, 4.69) is 12.1 Å². The van der Waals surface area contributed by atoms with E-state index in [0.29, 0.717) is 24.3 Å². The summed E-state index contributed by atoms with van der Waals surface area (Å²) < 4.78 is 6.03. The molecule has 1 amide bonds. The maximum absolute atomic E-state index is 12.4. The van der Waals surface area contributed by atoms with Crippen LogP contribution in [-0.2, 0) is 4.74 Å². The van der Waals surface area contributed by atoms with Crippen LogP contribution in [0.15, 0.2) is 24.3 Å². The monoisotopic (exact) mass is 309 g/mol. The number of ether oxygens (including phenoxy) is 1. The van der Waals surface area contributed by atoms with Gasteiger partial charge in [-0.2, -0.15) is 0 Å². The molecule has 1 unspecified atom stereocenters. The predicted molar refractivity (Wildman–Crippen MR) is 85.4 cm³/mol. The van der Waals surface area contributed by atoms with Gasteiger partial charge < -0.3 is 9.64 Å². The van der Waals surface area contributed by atoms with Gasteiger partial charge in [-0.3, -0.25) is 4.79 Å². The van der Waals surface area contributed by atoms with Crippen molar-refractivity contribution in [3.63, 3.8) is 0 Å². The highest BCUT2D eigenvalue weighted by Gasteiger charge is 2.23. The van der Waals surface area contributed by atoms with Gasteiger partial charge in [-0.25, -0.2) is 0 Å². The Morgan fingerprint density at radius 3 is 2.60 bits per heavy atom. The molecular formula is C15H19NO2S2. The van der Waals surface area contributed by atoms with Crippen molar-refractivity contribution < 1.29 is 9.53 Å². The van der Waals surface area contributed by atoms with E-state index >= 15 is 0 Å². The van der Waals surface area contributed by atoms with Gasteiger partial charge in [-0.05, 0) is 24.6 Å². The number of nitrogens with zero attached hydrogens (tertiary/aromatic N) is 1. The summed E-state index contributed by atoms with van der Waals surface area (Å²) in [4.78, 5) is 14.3. The van der Waals surface area contributed by atoms with Gasteiger partial charge in [0.2, 0.25) is 0 Å². The Hall–Kier alpha value is -0.650. The molecule has 1 aromatic rings. The van der Waals surface area contributed by atoms with Gasteiger partial charge in [-0.15, -0.1) is 23.5 Å². The second-order valence-corrected chi connectivity index (χ2v) is 7.85. The van der Waals surface area contributed by atoms with Gasteiger partial charge >= 0.3 is 0 Å². The predicted octanol–water partition coefficient (Wildman–Crippen LogP) is 3.03. The van der Waals surface area contributed by atoms with Crippen LogP contribution in [-0.4, -0.2) is 48.1 Å². The topological polar surface area (TPSA) is 29.5 Å². The largest absolute Gasteiger partial charge is 0.375 e. The Bertz CT molecular complexity index is 471. The number of carbonyl (C=O) groups excluding carboxylic acids is 1. The van der Waals surface area contributed by atoms with Crippen molar-refractivity contribution in [3.05, 3.63) is 35.4 Å². The summed E-state index contributed by atoms with van der Waals surface area (Å²) in [6.45, 7) is 4.03. The number of benzene rings is 1. The third-order valence-electron chi connectivity index (χ3n) is 3.58. The number of carbonyl (C=O) groups is 1. The molecule has 0 N–H and O–H groups in total. The van der Waals surface area contributed by atoms with E-state index < -0.39 is 0 Å². The lowest BCUT2D eigenvalue weighted by Gasteiger charge is -2.31. The van der Waals surface area contributed by atoms with E-state index in [-0.39, 0.29) is 12.0 Å². The summed E-state index contributed by atoms with van der Waals surface area (Å²) in [7, 11) is 0. The van der Waals surface area contributed by atoms with Crippen LogP contribution in [0.5, 0.6) is 0 Å². The van der Waals surface area contributed by atoms with Gasteiger partial charge in [0, 0.05) is 30.2 Å². The highest BCUT2D eigenvalue weighted by molar-refractivity contribution is 8.19. The first-order valence-electron chi connectivity index (χ1n) is 6.98. The lowest BCUT2D eigenvalue weighted by atomic mass is 10.1. The SMILES string of the molecule is CC1CN(C(=O)c2ccc(C3SCCS3)cc2)CCO1. The molecule has 0 spiro atoms. The van der Waals surface area contributed by atoms with Crippen molar-refractivity contribution in [2.24, 2.45) is 0 Å². The number of amides is 1. The van der Waals surface area contributed by atoms with Crippen LogP contribution >= 0.6 is 23.5 Å². The molecule has 0 aromatic heterocycles. The van der Waals surface area contributed by atoms with Crippen molar-refractivity contribution in [1.82, 2.24) is 4.90 Å². The Morgan fingerprint density at radius 2 is 1.95 bits per heavy atom. The fourth-order valence-corrected chi connectivity index (χ4v) is 5.38. The first-order valence-corrected chi connectivity index (χ1v) is 9.08. The lowest BCUT2D eigenvalue weighted by molar-refractivity contribution is -0.0124. The molecule has 5 heteroatoms. The minimum Gasteiger partial charge on any atom is -0.375 e. The first kappa shape index (κ1) is 14.3. The van der Waals surface area contributed by atoms with Crippen LogP contribution in [0.2, 0.25) is 0 Å². The van der Waals surface area contributed by atoms with Crippen LogP contribution < -0.4 is 0 Å². The Labute approximate surface area is 128 Å². The number of morpholine rings is 1. The van der Waals surface area contributed by atoms with Crippen LogP contribution in [0.1, 0.15) is 27.4 Å². The van der Waals surface area contributed by atoms with E-state index in [9.17, 15) is 4.79 Å². The Kier molecular flexibility index (Phi) is 4.58. The molecule has 2 saturated heterocycles. The Balaban J connectivity index is 1.68. The maximum Gasteiger partial charge on any atom is 0.254 e. The van der Waals surface area contributed by atoms with Gasteiger partial charge in [0.05, 0.1) is 17.3 Å². The van der Waals surface area contributed by atoms with E-state index in [1.165, 1.54) is 17.1 Å². The average molecular weight is 309 g/mol. The van der Waals surface area contributed by atoms with Gasteiger partial charge in [-0.1, -0.05) is 12.1 Å². The molecule has 3 rings (SSSR count). The molecule has 0 saturated carbocycles. The highest BCUT2D eigenvalue weighted by Crippen LogP contribution is 2.45. The molecule has 2 aliphatic rings. The van der Waals surface area contributed by atoms with Crippen LogP contribution in [0.3, 0.4) is 0 Å². The van der Waals surface area contributed by atoms with Crippen molar-refractivity contribution >= 4 is 29.4 Å². The van der Waals surface area contributed by atoms with E-state index in [4.69, 9.17) is 4.74 Å². The smallest absolute Gasteiger partial charge is 0.254 e. The second-order valence-electron chi connectivity index (χ2n) is 5.13. The molecule has 2 heterocycles.